The predicted molar refractivity (Wildman–Crippen MR) is 56.3 cm³/mol. The molecule has 0 bridgehead atoms. The predicted octanol–water partition coefficient (Wildman–Crippen LogP) is -0.426. The van der Waals surface area contributed by atoms with E-state index >= 15 is 0 Å². The number of carbonyl (C=O) groups is 1. The summed E-state index contributed by atoms with van der Waals surface area (Å²) in [5.74, 6) is -0.351. The zero-order chi connectivity index (χ0) is 11.3. The second-order valence-electron chi connectivity index (χ2n) is 3.74. The topological polar surface area (TPSA) is 72.5 Å². The van der Waals surface area contributed by atoms with Crippen LogP contribution in [0.25, 0.3) is 0 Å². The van der Waals surface area contributed by atoms with Gasteiger partial charge in [-0.25, -0.2) is 8.42 Å². The molecule has 1 fully saturated rings. The molecule has 0 saturated carbocycles. The van der Waals surface area contributed by atoms with Gasteiger partial charge in [-0.15, -0.1) is 0 Å². The van der Waals surface area contributed by atoms with Crippen LogP contribution in [-0.2, 0) is 19.4 Å². The third-order valence-corrected chi connectivity index (χ3v) is 4.20. The fraction of sp³-hybridized carbons (Fsp3) is 0.889. The van der Waals surface area contributed by atoms with Crippen LogP contribution in [0.4, 0.5) is 0 Å². The Hall–Kier alpha value is -0.620. The summed E-state index contributed by atoms with van der Waals surface area (Å²) in [6, 6.07) is 0. The van der Waals surface area contributed by atoms with Gasteiger partial charge in [-0.05, 0) is 12.8 Å². The highest BCUT2D eigenvalue weighted by Crippen LogP contribution is 2.18. The Morgan fingerprint density at radius 3 is 2.80 bits per heavy atom. The lowest BCUT2D eigenvalue weighted by Gasteiger charge is -2.08. The summed E-state index contributed by atoms with van der Waals surface area (Å²) in [6.07, 6.45) is 1.21. The quantitative estimate of drug-likeness (QED) is 0.657. The minimum atomic E-state index is -2.96. The number of sulfone groups is 1. The summed E-state index contributed by atoms with van der Waals surface area (Å²) in [5, 5.41) is 2.71. The van der Waals surface area contributed by atoms with Gasteiger partial charge in [-0.2, -0.15) is 0 Å². The monoisotopic (exact) mass is 235 g/mol. The van der Waals surface area contributed by atoms with Gasteiger partial charge in [0.2, 0.25) is 5.91 Å². The van der Waals surface area contributed by atoms with Crippen LogP contribution in [0.5, 0.6) is 0 Å². The molecule has 6 heteroatoms. The van der Waals surface area contributed by atoms with Crippen molar-refractivity contribution in [1.82, 2.24) is 5.32 Å². The van der Waals surface area contributed by atoms with E-state index in [2.05, 4.69) is 5.32 Å². The Morgan fingerprint density at radius 2 is 2.27 bits per heavy atom. The van der Waals surface area contributed by atoms with Crippen molar-refractivity contribution >= 4 is 15.7 Å². The van der Waals surface area contributed by atoms with Gasteiger partial charge in [0.05, 0.1) is 17.4 Å². The molecule has 1 unspecified atom stereocenters. The highest BCUT2D eigenvalue weighted by molar-refractivity contribution is 7.91. The van der Waals surface area contributed by atoms with Crippen molar-refractivity contribution < 1.29 is 17.9 Å². The molecule has 1 N–H and O–H groups in total. The lowest BCUT2D eigenvalue weighted by atomic mass is 10.1. The maximum Gasteiger partial charge on any atom is 0.224 e. The van der Waals surface area contributed by atoms with Crippen LogP contribution < -0.4 is 5.32 Å². The van der Waals surface area contributed by atoms with Crippen LogP contribution in [0, 0.1) is 5.92 Å². The molecule has 1 heterocycles. The van der Waals surface area contributed by atoms with Crippen molar-refractivity contribution in [3.8, 4) is 0 Å². The van der Waals surface area contributed by atoms with Crippen molar-refractivity contribution in [1.29, 1.82) is 0 Å². The zero-order valence-electron chi connectivity index (χ0n) is 8.86. The average Bonchev–Trinajstić information content (AvgIpc) is 2.53. The molecule has 0 aromatic heterocycles. The van der Waals surface area contributed by atoms with E-state index in [-0.39, 0.29) is 23.3 Å². The smallest absolute Gasteiger partial charge is 0.224 e. The van der Waals surface area contributed by atoms with Gasteiger partial charge in [0.15, 0.2) is 9.84 Å². The average molecular weight is 235 g/mol. The first-order chi connectivity index (χ1) is 7.05. The molecular weight excluding hydrogens is 218 g/mol. The van der Waals surface area contributed by atoms with Gasteiger partial charge in [0, 0.05) is 20.3 Å². The van der Waals surface area contributed by atoms with Crippen molar-refractivity contribution in [2.75, 3.05) is 31.8 Å². The number of hydrogen-bond acceptors (Lipinski definition) is 4. The highest BCUT2D eigenvalue weighted by Gasteiger charge is 2.32. The number of ether oxygens (including phenoxy) is 1. The molecule has 1 amide bonds. The summed E-state index contributed by atoms with van der Waals surface area (Å²) in [6.45, 7) is 1.15. The third-order valence-electron chi connectivity index (χ3n) is 2.43. The molecule has 0 radical (unpaired) electrons. The maximum absolute atomic E-state index is 11.5. The van der Waals surface area contributed by atoms with E-state index in [1.807, 2.05) is 0 Å². The Morgan fingerprint density at radius 1 is 1.53 bits per heavy atom. The van der Waals surface area contributed by atoms with E-state index in [0.29, 0.717) is 19.6 Å². The second kappa shape index (κ2) is 5.46. The van der Waals surface area contributed by atoms with Gasteiger partial charge in [0.1, 0.15) is 0 Å². The molecule has 1 rings (SSSR count). The van der Waals surface area contributed by atoms with Gasteiger partial charge in [0.25, 0.3) is 0 Å². The van der Waals surface area contributed by atoms with E-state index in [4.69, 9.17) is 4.74 Å². The van der Waals surface area contributed by atoms with Crippen LogP contribution in [0.3, 0.4) is 0 Å². The minimum absolute atomic E-state index is 0.00309. The molecule has 15 heavy (non-hydrogen) atoms. The standard InChI is InChI=1S/C9H17NO4S/c1-14-5-2-4-10-9(11)8-3-6-15(12,13)7-8/h8H,2-7H2,1H3,(H,10,11). The van der Waals surface area contributed by atoms with Crippen molar-refractivity contribution in [2.45, 2.75) is 12.8 Å². The molecule has 1 aliphatic rings. The SMILES string of the molecule is COCCCNC(=O)C1CCS(=O)(=O)C1. The number of carbonyl (C=O) groups excluding carboxylic acids is 1. The molecule has 5 nitrogen and oxygen atoms in total. The maximum atomic E-state index is 11.5. The fourth-order valence-electron chi connectivity index (χ4n) is 1.57. The molecule has 1 atom stereocenters. The van der Waals surface area contributed by atoms with E-state index in [9.17, 15) is 13.2 Å². The van der Waals surface area contributed by atoms with E-state index in [0.717, 1.165) is 6.42 Å². The number of nitrogens with one attached hydrogen (secondary N) is 1. The molecule has 0 aromatic rings. The summed E-state index contributed by atoms with van der Waals surface area (Å²) >= 11 is 0. The first-order valence-corrected chi connectivity index (χ1v) is 6.84. The van der Waals surface area contributed by atoms with Crippen LogP contribution in [0.2, 0.25) is 0 Å². The lowest BCUT2D eigenvalue weighted by Crippen LogP contribution is -2.32. The Kier molecular flexibility index (Phi) is 4.53. The fourth-order valence-corrected chi connectivity index (χ4v) is 3.32. The minimum Gasteiger partial charge on any atom is -0.385 e. The van der Waals surface area contributed by atoms with Crippen molar-refractivity contribution in [2.24, 2.45) is 5.92 Å². The van der Waals surface area contributed by atoms with E-state index in [1.54, 1.807) is 7.11 Å². The van der Waals surface area contributed by atoms with E-state index in [1.165, 1.54) is 0 Å². The van der Waals surface area contributed by atoms with Crippen LogP contribution in [0.15, 0.2) is 0 Å². The van der Waals surface area contributed by atoms with Gasteiger partial charge < -0.3 is 10.1 Å². The normalized spacial score (nSPS) is 23.9. The summed E-state index contributed by atoms with van der Waals surface area (Å²) < 4.78 is 27.1. The molecular formula is C9H17NO4S. The summed E-state index contributed by atoms with van der Waals surface area (Å²) in [7, 11) is -1.36. The second-order valence-corrected chi connectivity index (χ2v) is 5.97. The van der Waals surface area contributed by atoms with Crippen LogP contribution in [-0.4, -0.2) is 46.1 Å². The molecule has 0 spiro atoms. The largest absolute Gasteiger partial charge is 0.385 e. The first-order valence-electron chi connectivity index (χ1n) is 5.02. The van der Waals surface area contributed by atoms with Crippen LogP contribution in [0.1, 0.15) is 12.8 Å². The highest BCUT2D eigenvalue weighted by atomic mass is 32.2. The third kappa shape index (κ3) is 4.17. The Bertz CT molecular complexity index is 312. The number of methoxy groups -OCH3 is 1. The molecule has 88 valence electrons. The first kappa shape index (κ1) is 12.4. The Balaban J connectivity index is 2.24. The Labute approximate surface area is 90.1 Å². The van der Waals surface area contributed by atoms with Crippen molar-refractivity contribution in [3.63, 3.8) is 0 Å². The zero-order valence-corrected chi connectivity index (χ0v) is 9.68. The number of rotatable bonds is 5. The number of hydrogen-bond donors (Lipinski definition) is 1. The van der Waals surface area contributed by atoms with Gasteiger partial charge >= 0.3 is 0 Å². The van der Waals surface area contributed by atoms with Gasteiger partial charge in [-0.1, -0.05) is 0 Å². The summed E-state index contributed by atoms with van der Waals surface area (Å²) in [5.41, 5.74) is 0. The molecule has 0 aromatic carbocycles. The number of amides is 1. The molecule has 1 aliphatic heterocycles. The molecule has 1 saturated heterocycles. The lowest BCUT2D eigenvalue weighted by molar-refractivity contribution is -0.124. The van der Waals surface area contributed by atoms with E-state index < -0.39 is 9.84 Å². The van der Waals surface area contributed by atoms with Crippen molar-refractivity contribution in [3.05, 3.63) is 0 Å². The summed E-state index contributed by atoms with van der Waals surface area (Å²) in [4.78, 5) is 11.5. The van der Waals surface area contributed by atoms with Crippen LogP contribution >= 0.6 is 0 Å². The van der Waals surface area contributed by atoms with Gasteiger partial charge in [-0.3, -0.25) is 4.79 Å². The molecule has 0 aliphatic carbocycles.